The Balaban J connectivity index is 1.58. The smallest absolute Gasteiger partial charge is 0.279 e. The van der Waals surface area contributed by atoms with Crippen LogP contribution in [0.3, 0.4) is 0 Å². The van der Waals surface area contributed by atoms with Gasteiger partial charge in [-0.05, 0) is 41.5 Å². The molecule has 0 aliphatic rings. The maximum Gasteiger partial charge on any atom is 0.279 e. The van der Waals surface area contributed by atoms with Gasteiger partial charge >= 0.3 is 0 Å². The van der Waals surface area contributed by atoms with Gasteiger partial charge in [-0.3, -0.25) is 4.79 Å². The summed E-state index contributed by atoms with van der Waals surface area (Å²) in [4.78, 5) is 14.6. The van der Waals surface area contributed by atoms with Crippen molar-refractivity contribution in [1.82, 2.24) is 10.2 Å². The number of carbonyl (C=O) groups is 1. The van der Waals surface area contributed by atoms with Gasteiger partial charge in [0.15, 0.2) is 13.1 Å². The summed E-state index contributed by atoms with van der Waals surface area (Å²) < 4.78 is 5.78. The third-order valence-electron chi connectivity index (χ3n) is 4.48. The van der Waals surface area contributed by atoms with Gasteiger partial charge in [0.1, 0.15) is 0 Å². The molecule has 6 nitrogen and oxygen atoms in total. The van der Waals surface area contributed by atoms with E-state index in [0.717, 1.165) is 28.4 Å². The van der Waals surface area contributed by atoms with E-state index in [9.17, 15) is 4.79 Å². The maximum atomic E-state index is 12.5. The van der Waals surface area contributed by atoms with E-state index < -0.39 is 0 Å². The molecular formula is C21H27N4O2S+. The number of nitrogens with zero attached hydrogens (tertiary/aromatic N) is 2. The lowest BCUT2D eigenvalue weighted by Gasteiger charge is -2.16. The first kappa shape index (κ1) is 20.2. The Morgan fingerprint density at radius 3 is 2.64 bits per heavy atom. The Morgan fingerprint density at radius 1 is 1.21 bits per heavy atom. The number of aromatic nitrogens is 2. The summed E-state index contributed by atoms with van der Waals surface area (Å²) in [6.07, 6.45) is 0.970. The number of amides is 1. The number of benzene rings is 1. The van der Waals surface area contributed by atoms with Crippen molar-refractivity contribution in [1.29, 1.82) is 0 Å². The second-order valence-corrected chi connectivity index (χ2v) is 8.10. The van der Waals surface area contributed by atoms with Crippen LogP contribution in [0, 0.1) is 0 Å². The quantitative estimate of drug-likeness (QED) is 0.579. The molecule has 1 unspecified atom stereocenters. The number of hydrogen-bond acceptors (Lipinski definition) is 5. The van der Waals surface area contributed by atoms with Crippen molar-refractivity contribution in [2.45, 2.75) is 39.7 Å². The van der Waals surface area contributed by atoms with Gasteiger partial charge in [0.05, 0.1) is 11.4 Å². The predicted molar refractivity (Wildman–Crippen MR) is 111 cm³/mol. The average molecular weight is 400 g/mol. The SMILES string of the molecule is CCC[NH+](CC(=O)Nc1ccc(C(C)C)cc1)Cc1nnc(-c2cccs2)o1. The summed E-state index contributed by atoms with van der Waals surface area (Å²) in [7, 11) is 0. The van der Waals surface area contributed by atoms with Crippen molar-refractivity contribution >= 4 is 22.9 Å². The number of thiophene rings is 1. The molecule has 0 aliphatic carbocycles. The van der Waals surface area contributed by atoms with Crippen LogP contribution in [0.15, 0.2) is 46.2 Å². The van der Waals surface area contributed by atoms with Gasteiger partial charge in [0, 0.05) is 5.69 Å². The molecule has 0 saturated heterocycles. The molecule has 2 aromatic heterocycles. The van der Waals surface area contributed by atoms with Crippen molar-refractivity contribution in [2.75, 3.05) is 18.4 Å². The van der Waals surface area contributed by atoms with Crippen molar-refractivity contribution in [3.8, 4) is 10.8 Å². The molecule has 7 heteroatoms. The summed E-state index contributed by atoms with van der Waals surface area (Å²) in [5.41, 5.74) is 2.08. The van der Waals surface area contributed by atoms with Crippen molar-refractivity contribution < 1.29 is 14.1 Å². The average Bonchev–Trinajstić information content (AvgIpc) is 3.33. The first-order valence-electron chi connectivity index (χ1n) is 9.64. The van der Waals surface area contributed by atoms with Crippen molar-refractivity contribution in [3.05, 3.63) is 53.2 Å². The molecule has 0 spiro atoms. The first-order chi connectivity index (χ1) is 13.5. The number of hydrogen-bond donors (Lipinski definition) is 2. The number of anilines is 1. The number of rotatable bonds is 9. The minimum absolute atomic E-state index is 0.0151. The van der Waals surface area contributed by atoms with E-state index in [2.05, 4.69) is 48.4 Å². The van der Waals surface area contributed by atoms with E-state index in [1.807, 2.05) is 29.6 Å². The molecule has 0 aliphatic heterocycles. The predicted octanol–water partition coefficient (Wildman–Crippen LogP) is 3.36. The monoisotopic (exact) mass is 399 g/mol. The molecule has 0 bridgehead atoms. The van der Waals surface area contributed by atoms with Crippen LogP contribution in [0.2, 0.25) is 0 Å². The molecule has 1 aromatic carbocycles. The third kappa shape index (κ3) is 5.50. The van der Waals surface area contributed by atoms with Crippen LogP contribution >= 0.6 is 11.3 Å². The van der Waals surface area contributed by atoms with Crippen molar-refractivity contribution in [3.63, 3.8) is 0 Å². The highest BCUT2D eigenvalue weighted by molar-refractivity contribution is 7.13. The zero-order valence-electron chi connectivity index (χ0n) is 16.6. The van der Waals surface area contributed by atoms with E-state index in [1.165, 1.54) is 5.56 Å². The standard InChI is InChI=1S/C21H26N4O2S/c1-4-11-25(14-20-23-24-21(27-20)18-6-5-12-28-18)13-19(26)22-17-9-7-16(8-10-17)15(2)3/h5-10,12,15H,4,11,13-14H2,1-3H3,(H,22,26)/p+1. The summed E-state index contributed by atoms with van der Waals surface area (Å²) in [5, 5.41) is 13.2. The number of quaternary nitrogens is 1. The van der Waals surface area contributed by atoms with Gasteiger partial charge in [-0.15, -0.1) is 21.5 Å². The highest BCUT2D eigenvalue weighted by atomic mass is 32.1. The van der Waals surface area contributed by atoms with E-state index >= 15 is 0 Å². The fraction of sp³-hybridized carbons (Fsp3) is 0.381. The van der Waals surface area contributed by atoms with Crippen LogP contribution in [0.4, 0.5) is 5.69 Å². The Hall–Kier alpha value is -2.51. The van der Waals surface area contributed by atoms with Crippen LogP contribution in [0.25, 0.3) is 10.8 Å². The molecule has 3 rings (SSSR count). The largest absolute Gasteiger partial charge is 0.414 e. The van der Waals surface area contributed by atoms with E-state index in [0.29, 0.717) is 30.8 Å². The van der Waals surface area contributed by atoms with E-state index in [1.54, 1.807) is 11.3 Å². The lowest BCUT2D eigenvalue weighted by molar-refractivity contribution is -0.907. The molecule has 2 N–H and O–H groups in total. The van der Waals surface area contributed by atoms with E-state index in [4.69, 9.17) is 4.42 Å². The van der Waals surface area contributed by atoms with Gasteiger partial charge < -0.3 is 14.6 Å². The summed E-state index contributed by atoms with van der Waals surface area (Å²) in [6, 6.07) is 11.9. The molecule has 0 fully saturated rings. The Morgan fingerprint density at radius 2 is 2.00 bits per heavy atom. The summed E-state index contributed by atoms with van der Waals surface area (Å²) >= 11 is 1.57. The van der Waals surface area contributed by atoms with Crippen LogP contribution in [-0.4, -0.2) is 29.2 Å². The second-order valence-electron chi connectivity index (χ2n) is 7.16. The zero-order chi connectivity index (χ0) is 19.9. The lowest BCUT2D eigenvalue weighted by Crippen LogP contribution is -3.11. The van der Waals surface area contributed by atoms with Crippen LogP contribution in [-0.2, 0) is 11.3 Å². The number of nitrogens with one attached hydrogen (secondary N) is 2. The van der Waals surface area contributed by atoms with Gasteiger partial charge in [-0.1, -0.05) is 39.0 Å². The normalized spacial score (nSPS) is 12.3. The molecular weight excluding hydrogens is 372 g/mol. The minimum Gasteiger partial charge on any atom is -0.414 e. The van der Waals surface area contributed by atoms with Crippen LogP contribution < -0.4 is 10.2 Å². The molecule has 3 aromatic rings. The molecule has 0 saturated carbocycles. The van der Waals surface area contributed by atoms with E-state index in [-0.39, 0.29) is 5.91 Å². The number of carbonyl (C=O) groups excluding carboxylic acids is 1. The first-order valence-corrected chi connectivity index (χ1v) is 10.5. The van der Waals surface area contributed by atoms with Gasteiger partial charge in [0.2, 0.25) is 0 Å². The highest BCUT2D eigenvalue weighted by Crippen LogP contribution is 2.22. The Labute approximate surface area is 169 Å². The zero-order valence-corrected chi connectivity index (χ0v) is 17.4. The summed E-state index contributed by atoms with van der Waals surface area (Å²) in [5.74, 6) is 1.55. The molecule has 1 atom stereocenters. The van der Waals surface area contributed by atoms with Crippen LogP contribution in [0.1, 0.15) is 44.6 Å². The molecule has 28 heavy (non-hydrogen) atoms. The van der Waals surface area contributed by atoms with Gasteiger partial charge in [0.25, 0.3) is 17.7 Å². The molecule has 1 amide bonds. The van der Waals surface area contributed by atoms with Gasteiger partial charge in [-0.2, -0.15) is 0 Å². The Kier molecular flexibility index (Phi) is 6.95. The fourth-order valence-electron chi connectivity index (χ4n) is 3.02. The topological polar surface area (TPSA) is 72.5 Å². The summed E-state index contributed by atoms with van der Waals surface area (Å²) in [6.45, 7) is 8.16. The highest BCUT2D eigenvalue weighted by Gasteiger charge is 2.19. The molecule has 0 radical (unpaired) electrons. The van der Waals surface area contributed by atoms with Crippen LogP contribution in [0.5, 0.6) is 0 Å². The maximum absolute atomic E-state index is 12.5. The molecule has 148 valence electrons. The second kappa shape index (κ2) is 9.61. The fourth-order valence-corrected chi connectivity index (χ4v) is 3.66. The molecule has 2 heterocycles. The third-order valence-corrected chi connectivity index (χ3v) is 5.33. The van der Waals surface area contributed by atoms with Crippen molar-refractivity contribution in [2.24, 2.45) is 0 Å². The lowest BCUT2D eigenvalue weighted by atomic mass is 10.0. The minimum atomic E-state index is -0.0151. The Bertz CT molecular complexity index is 872. The van der Waals surface area contributed by atoms with Gasteiger partial charge in [-0.25, -0.2) is 0 Å².